The highest BCUT2D eigenvalue weighted by Crippen LogP contribution is 1.68. The standard InChI is InChI=1S/C4H6NO2/c1-2-7-4-5-3-6/h1-2,4H2. The van der Waals surface area contributed by atoms with Crippen LogP contribution in [0.3, 0.4) is 0 Å². The van der Waals surface area contributed by atoms with Gasteiger partial charge in [0, 0.05) is 6.61 Å². The molecule has 0 aliphatic heterocycles. The molecule has 7 heavy (non-hydrogen) atoms. The number of nitrogens with zero attached hydrogens (tertiary/aromatic N) is 1. The first-order chi connectivity index (χ1) is 3.41. The van der Waals surface area contributed by atoms with E-state index in [1.54, 1.807) is 0 Å². The number of aliphatic imine (C=N–C) groups is 1. The van der Waals surface area contributed by atoms with Gasteiger partial charge in [-0.2, -0.15) is 4.99 Å². The van der Waals surface area contributed by atoms with Crippen LogP contribution in [0.4, 0.5) is 0 Å². The number of carbonyl (C=O) groups excluding carboxylic acids is 1. The van der Waals surface area contributed by atoms with Crippen molar-refractivity contribution in [3.63, 3.8) is 0 Å². The normalized spacial score (nSPS) is 7.57. The summed E-state index contributed by atoms with van der Waals surface area (Å²) in [6.07, 6.45) is 1.32. The second-order valence-electron chi connectivity index (χ2n) is 0.787. The Morgan fingerprint density at radius 1 is 1.86 bits per heavy atom. The van der Waals surface area contributed by atoms with Crippen LogP contribution in [0.25, 0.3) is 0 Å². The third-order valence-electron chi connectivity index (χ3n) is 0.365. The lowest BCUT2D eigenvalue weighted by Crippen LogP contribution is -1.87. The molecular formula is C4H6NO2. The summed E-state index contributed by atoms with van der Waals surface area (Å²) in [4.78, 5) is 12.4. The molecular weight excluding hydrogens is 94.0 g/mol. The maximum absolute atomic E-state index is 9.29. The smallest absolute Gasteiger partial charge is 0.237 e. The fraction of sp³-hybridized carbons (Fsp3) is 0.500. The molecule has 0 atom stereocenters. The summed E-state index contributed by atoms with van der Waals surface area (Å²) < 4.78 is 4.53. The van der Waals surface area contributed by atoms with Gasteiger partial charge in [0.25, 0.3) is 0 Å². The van der Waals surface area contributed by atoms with Gasteiger partial charge < -0.3 is 4.74 Å². The maximum Gasteiger partial charge on any atom is 0.237 e. The van der Waals surface area contributed by atoms with Gasteiger partial charge in [0.1, 0.15) is 6.73 Å². The van der Waals surface area contributed by atoms with E-state index in [4.69, 9.17) is 0 Å². The van der Waals surface area contributed by atoms with Gasteiger partial charge in [-0.15, -0.1) is 0 Å². The predicted molar refractivity (Wildman–Crippen MR) is 24.3 cm³/mol. The third kappa shape index (κ3) is 5.34. The zero-order chi connectivity index (χ0) is 5.54. The Bertz CT molecular complexity index is 75.8. The first-order valence-electron chi connectivity index (χ1n) is 1.82. The Morgan fingerprint density at radius 3 is 3.00 bits per heavy atom. The molecule has 0 spiro atoms. The lowest BCUT2D eigenvalue weighted by atomic mass is 10.9. The van der Waals surface area contributed by atoms with Crippen LogP contribution >= 0.6 is 0 Å². The summed E-state index contributed by atoms with van der Waals surface area (Å²) in [6.45, 7) is 3.76. The molecule has 0 saturated carbocycles. The van der Waals surface area contributed by atoms with Gasteiger partial charge in [-0.25, -0.2) is 4.79 Å². The topological polar surface area (TPSA) is 38.7 Å². The Kier molecular flexibility index (Phi) is 4.84. The van der Waals surface area contributed by atoms with Crippen molar-refractivity contribution in [3.05, 3.63) is 6.92 Å². The van der Waals surface area contributed by atoms with E-state index < -0.39 is 0 Å². The zero-order valence-corrected chi connectivity index (χ0v) is 3.89. The third-order valence-corrected chi connectivity index (χ3v) is 0.365. The quantitative estimate of drug-likeness (QED) is 0.287. The minimum atomic E-state index is 0.0764. The number of ether oxygens (including phenoxy) is 1. The Labute approximate surface area is 42.0 Å². The van der Waals surface area contributed by atoms with Crippen molar-refractivity contribution in [1.82, 2.24) is 0 Å². The molecule has 0 heterocycles. The highest BCUT2D eigenvalue weighted by atomic mass is 16.5. The summed E-state index contributed by atoms with van der Waals surface area (Å²) in [6, 6.07) is 0. The van der Waals surface area contributed by atoms with Crippen molar-refractivity contribution in [2.75, 3.05) is 13.3 Å². The number of rotatable bonds is 3. The van der Waals surface area contributed by atoms with E-state index in [1.165, 1.54) is 6.08 Å². The molecule has 0 bridgehead atoms. The molecule has 0 aromatic rings. The van der Waals surface area contributed by atoms with Gasteiger partial charge in [0.05, 0.1) is 0 Å². The van der Waals surface area contributed by atoms with Crippen LogP contribution in [0.2, 0.25) is 0 Å². The van der Waals surface area contributed by atoms with Gasteiger partial charge in [0.15, 0.2) is 0 Å². The van der Waals surface area contributed by atoms with Crippen molar-refractivity contribution >= 4 is 6.08 Å². The van der Waals surface area contributed by atoms with Gasteiger partial charge in [-0.3, -0.25) is 0 Å². The van der Waals surface area contributed by atoms with E-state index in [9.17, 15) is 4.79 Å². The molecule has 0 N–H and O–H groups in total. The van der Waals surface area contributed by atoms with Crippen molar-refractivity contribution in [2.45, 2.75) is 0 Å². The van der Waals surface area contributed by atoms with E-state index >= 15 is 0 Å². The predicted octanol–water partition coefficient (Wildman–Crippen LogP) is 0.130. The van der Waals surface area contributed by atoms with Gasteiger partial charge >= 0.3 is 0 Å². The molecule has 1 radical (unpaired) electrons. The van der Waals surface area contributed by atoms with Crippen molar-refractivity contribution in [3.8, 4) is 0 Å². The molecule has 3 heteroatoms. The van der Waals surface area contributed by atoms with Crippen LogP contribution in [0.15, 0.2) is 4.99 Å². The van der Waals surface area contributed by atoms with E-state index in [0.29, 0.717) is 6.61 Å². The van der Waals surface area contributed by atoms with Crippen LogP contribution in [0.1, 0.15) is 0 Å². The second kappa shape index (κ2) is 5.34. The molecule has 0 amide bonds. The van der Waals surface area contributed by atoms with Crippen LogP contribution < -0.4 is 0 Å². The first-order valence-corrected chi connectivity index (χ1v) is 1.82. The summed E-state index contributed by atoms with van der Waals surface area (Å²) >= 11 is 0. The summed E-state index contributed by atoms with van der Waals surface area (Å²) in [5, 5.41) is 0. The summed E-state index contributed by atoms with van der Waals surface area (Å²) in [5.74, 6) is 0. The number of hydrogen-bond acceptors (Lipinski definition) is 3. The molecule has 0 aliphatic rings. The van der Waals surface area contributed by atoms with Crippen LogP contribution in [0, 0.1) is 6.92 Å². The minimum absolute atomic E-state index is 0.0764. The maximum atomic E-state index is 9.29. The van der Waals surface area contributed by atoms with Crippen molar-refractivity contribution in [2.24, 2.45) is 4.99 Å². The van der Waals surface area contributed by atoms with Crippen molar-refractivity contribution in [1.29, 1.82) is 0 Å². The highest BCUT2D eigenvalue weighted by Gasteiger charge is 1.71. The highest BCUT2D eigenvalue weighted by molar-refractivity contribution is 5.32. The Balaban J connectivity index is 2.83. The fourth-order valence-corrected chi connectivity index (χ4v) is 0.137. The molecule has 0 aliphatic carbocycles. The molecule has 0 unspecified atom stereocenters. The monoisotopic (exact) mass is 100 g/mol. The largest absolute Gasteiger partial charge is 0.358 e. The van der Waals surface area contributed by atoms with E-state index in [-0.39, 0.29) is 6.73 Å². The molecule has 0 aromatic carbocycles. The van der Waals surface area contributed by atoms with Gasteiger partial charge in [-0.1, -0.05) is 0 Å². The van der Waals surface area contributed by atoms with E-state index in [0.717, 1.165) is 0 Å². The summed E-state index contributed by atoms with van der Waals surface area (Å²) in [7, 11) is 0. The number of hydrogen-bond donors (Lipinski definition) is 0. The first kappa shape index (κ1) is 6.34. The van der Waals surface area contributed by atoms with Crippen LogP contribution in [-0.2, 0) is 9.53 Å². The summed E-state index contributed by atoms with van der Waals surface area (Å²) in [5.41, 5.74) is 0. The molecule has 3 nitrogen and oxygen atoms in total. The minimum Gasteiger partial charge on any atom is -0.358 e. The van der Waals surface area contributed by atoms with E-state index in [2.05, 4.69) is 16.7 Å². The second-order valence-corrected chi connectivity index (χ2v) is 0.787. The van der Waals surface area contributed by atoms with Gasteiger partial charge in [-0.05, 0) is 6.92 Å². The fourth-order valence-electron chi connectivity index (χ4n) is 0.137. The lowest BCUT2D eigenvalue weighted by Gasteiger charge is -1.86. The molecule has 0 saturated heterocycles. The molecule has 0 aromatic heterocycles. The van der Waals surface area contributed by atoms with Crippen molar-refractivity contribution < 1.29 is 9.53 Å². The Hall–Kier alpha value is -0.660. The van der Waals surface area contributed by atoms with Gasteiger partial charge in [0.2, 0.25) is 6.08 Å². The van der Waals surface area contributed by atoms with E-state index in [1.807, 2.05) is 0 Å². The van der Waals surface area contributed by atoms with Crippen LogP contribution in [-0.4, -0.2) is 19.4 Å². The average Bonchev–Trinajstić information content (AvgIpc) is 1.69. The molecule has 0 fully saturated rings. The molecule has 0 rings (SSSR count). The Morgan fingerprint density at radius 2 is 2.57 bits per heavy atom. The average molecular weight is 100 g/mol. The number of isocyanates is 1. The SMILES string of the molecule is [CH2]COCN=C=O. The molecule has 39 valence electrons. The zero-order valence-electron chi connectivity index (χ0n) is 3.89. The lowest BCUT2D eigenvalue weighted by molar-refractivity contribution is 0.170. The van der Waals surface area contributed by atoms with Crippen LogP contribution in [0.5, 0.6) is 0 Å².